The van der Waals surface area contributed by atoms with E-state index < -0.39 is 11.1 Å². The number of unbranched alkanes of at least 4 members (excludes halogenated alkanes) is 2. The fourth-order valence-electron chi connectivity index (χ4n) is 3.80. The number of benzene rings is 2. The summed E-state index contributed by atoms with van der Waals surface area (Å²) >= 11 is 5.36. The van der Waals surface area contributed by atoms with E-state index in [0.717, 1.165) is 77.2 Å². The minimum Gasteiger partial charge on any atom is -0.502 e. The van der Waals surface area contributed by atoms with Crippen LogP contribution in [-0.4, -0.2) is 36.0 Å². The number of rotatable bonds is 17. The molecule has 0 aromatic heterocycles. The maximum Gasteiger partial charge on any atom is 0.279 e. The van der Waals surface area contributed by atoms with Crippen LogP contribution < -0.4 is 5.32 Å². The van der Waals surface area contributed by atoms with Crippen LogP contribution in [-0.2, 0) is 25.3 Å². The van der Waals surface area contributed by atoms with Gasteiger partial charge in [0.25, 0.3) is 5.24 Å². The van der Waals surface area contributed by atoms with Crippen LogP contribution in [0.15, 0.2) is 92.4 Å². The molecule has 8 heteroatoms. The lowest BCUT2D eigenvalue weighted by Gasteiger charge is -2.27. The van der Waals surface area contributed by atoms with Gasteiger partial charge in [-0.05, 0) is 107 Å². The third kappa shape index (κ3) is 20.4. The van der Waals surface area contributed by atoms with Gasteiger partial charge in [-0.3, -0.25) is 4.79 Å². The summed E-state index contributed by atoms with van der Waals surface area (Å²) in [5.74, 6) is 1.73. The fourth-order valence-corrected chi connectivity index (χ4v) is 4.88. The third-order valence-electron chi connectivity index (χ3n) is 6.67. The van der Waals surface area contributed by atoms with Gasteiger partial charge in [0, 0.05) is 5.75 Å². The first kappa shape index (κ1) is 45.7. The van der Waals surface area contributed by atoms with E-state index in [1.54, 1.807) is 6.08 Å². The monoisotopic (exact) mass is 682 g/mol. The molecule has 0 bridgehead atoms. The van der Waals surface area contributed by atoms with Crippen LogP contribution in [0.25, 0.3) is 11.1 Å². The molecule has 0 radical (unpaired) electrons. The Morgan fingerprint density at radius 3 is 1.85 bits per heavy atom. The molecule has 0 heterocycles. The number of amides is 1. The lowest BCUT2D eigenvalue weighted by atomic mass is 9.92. The van der Waals surface area contributed by atoms with Crippen molar-refractivity contribution < 1.29 is 19.1 Å². The number of nitrogens with one attached hydrogen (secondary N) is 1. The van der Waals surface area contributed by atoms with E-state index in [-0.39, 0.29) is 12.7 Å². The van der Waals surface area contributed by atoms with Gasteiger partial charge in [-0.1, -0.05) is 93.0 Å². The molecule has 0 aliphatic heterocycles. The van der Waals surface area contributed by atoms with Crippen LogP contribution in [0, 0.1) is 0 Å². The number of thioether (sulfide) groups is 1. The summed E-state index contributed by atoms with van der Waals surface area (Å²) in [6, 6.07) is 16.0. The average Bonchev–Trinajstić information content (AvgIpc) is 3.01. The second kappa shape index (κ2) is 25.6. The maximum atomic E-state index is 12.1. The van der Waals surface area contributed by atoms with E-state index in [0.29, 0.717) is 6.61 Å². The van der Waals surface area contributed by atoms with Crippen LogP contribution in [0.4, 0.5) is 4.79 Å². The smallest absolute Gasteiger partial charge is 0.279 e. The Morgan fingerprint density at radius 1 is 0.894 bits per heavy atom. The molecule has 0 spiro atoms. The SMILES string of the molecule is C.C=C(C)c1cccc(C(C)(C)N=C=O)c1.C=COCCCCS.C=COCCCCSC(=O)NC(C)(C)c1cccc(C(=C)C)c1. The van der Waals surface area contributed by atoms with E-state index in [4.69, 9.17) is 9.47 Å². The predicted octanol–water partition coefficient (Wildman–Crippen LogP) is 11.1. The van der Waals surface area contributed by atoms with Crippen molar-refractivity contribution >= 4 is 46.9 Å². The molecule has 0 atom stereocenters. The summed E-state index contributed by atoms with van der Waals surface area (Å²) in [6.45, 7) is 27.9. The molecular formula is C39H58N2O4S2. The van der Waals surface area contributed by atoms with E-state index in [2.05, 4.69) is 55.3 Å². The van der Waals surface area contributed by atoms with Crippen LogP contribution in [0.1, 0.15) is 96.9 Å². The summed E-state index contributed by atoms with van der Waals surface area (Å²) in [5, 5.41) is 3.09. The number of carbonyl (C=O) groups excluding carboxylic acids is 2. The third-order valence-corrected chi connectivity index (χ3v) is 7.85. The quantitative estimate of drug-likeness (QED) is 0.0571. The largest absolute Gasteiger partial charge is 0.502 e. The summed E-state index contributed by atoms with van der Waals surface area (Å²) in [7, 11) is 0. The van der Waals surface area contributed by atoms with Gasteiger partial charge in [0.05, 0.1) is 36.8 Å². The minimum atomic E-state index is -0.521. The molecule has 0 unspecified atom stereocenters. The van der Waals surface area contributed by atoms with Crippen molar-refractivity contribution in [1.82, 2.24) is 5.32 Å². The van der Waals surface area contributed by atoms with Gasteiger partial charge in [0.15, 0.2) is 0 Å². The number of allylic oxidation sites excluding steroid dienone is 2. The van der Waals surface area contributed by atoms with E-state index in [1.165, 1.54) is 24.3 Å². The second-order valence-corrected chi connectivity index (χ2v) is 13.1. The first-order valence-electron chi connectivity index (χ1n) is 15.4. The van der Waals surface area contributed by atoms with E-state index >= 15 is 0 Å². The zero-order chi connectivity index (χ0) is 35.0. The highest BCUT2D eigenvalue weighted by atomic mass is 32.2. The van der Waals surface area contributed by atoms with Crippen molar-refractivity contribution in [2.45, 2.75) is 85.7 Å². The molecule has 0 fully saturated rings. The van der Waals surface area contributed by atoms with Gasteiger partial charge >= 0.3 is 0 Å². The summed E-state index contributed by atoms with van der Waals surface area (Å²) in [4.78, 5) is 26.2. The van der Waals surface area contributed by atoms with Crippen molar-refractivity contribution in [3.8, 4) is 0 Å². The number of isocyanates is 1. The summed E-state index contributed by atoms with van der Waals surface area (Å²) in [5.41, 5.74) is 5.32. The average molecular weight is 683 g/mol. The lowest BCUT2D eigenvalue weighted by Crippen LogP contribution is -2.39. The van der Waals surface area contributed by atoms with Crippen molar-refractivity contribution in [2.75, 3.05) is 24.7 Å². The number of thiol groups is 1. The Morgan fingerprint density at radius 2 is 1.38 bits per heavy atom. The zero-order valence-corrected chi connectivity index (χ0v) is 30.4. The molecule has 47 heavy (non-hydrogen) atoms. The number of carbonyl (C=O) groups is 1. The standard InChI is InChI=1S/C19H27NO2S.C13H15NO.C6H12OS.CH4/c1-6-22-12-7-8-13-23-18(21)20-19(4,5)17-11-9-10-16(14-17)15(2)3;1-10(2)11-6-5-7-12(8-11)13(3,4)14-9-15;1-2-7-5-3-4-6-8;/h6,9-11,14H,1-2,7-8,12-13H2,3-5H3,(H,20,21);5-8H,1H2,2-4H3;2,8H,1,3-6H2;1H4. The number of ether oxygens (including phenoxy) is 2. The van der Waals surface area contributed by atoms with Gasteiger partial charge in [-0.2, -0.15) is 17.6 Å². The topological polar surface area (TPSA) is 77.0 Å². The molecule has 260 valence electrons. The Kier molecular flexibility index (Phi) is 24.9. The van der Waals surface area contributed by atoms with Gasteiger partial charge in [-0.15, -0.1) is 0 Å². The Hall–Kier alpha value is -3.45. The first-order chi connectivity index (χ1) is 21.7. The molecule has 2 aromatic carbocycles. The highest BCUT2D eigenvalue weighted by Crippen LogP contribution is 2.27. The molecule has 0 saturated carbocycles. The summed E-state index contributed by atoms with van der Waals surface area (Å²) in [6.07, 6.45) is 8.59. The van der Waals surface area contributed by atoms with Crippen LogP contribution >= 0.6 is 24.4 Å². The minimum absolute atomic E-state index is 0. The molecular weight excluding hydrogens is 625 g/mol. The first-order valence-corrected chi connectivity index (χ1v) is 17.0. The molecule has 0 aliphatic rings. The highest BCUT2D eigenvalue weighted by Gasteiger charge is 2.23. The van der Waals surface area contributed by atoms with Crippen molar-refractivity contribution in [2.24, 2.45) is 4.99 Å². The number of aliphatic imine (C=N–C) groups is 1. The van der Waals surface area contributed by atoms with E-state index in [9.17, 15) is 9.59 Å². The summed E-state index contributed by atoms with van der Waals surface area (Å²) < 4.78 is 9.92. The second-order valence-electron chi connectivity index (χ2n) is 11.6. The van der Waals surface area contributed by atoms with Crippen molar-refractivity contribution in [3.05, 3.63) is 110 Å². The number of nitrogens with zero attached hydrogens (tertiary/aromatic N) is 1. The van der Waals surface area contributed by atoms with Crippen molar-refractivity contribution in [1.29, 1.82) is 0 Å². The molecule has 0 saturated heterocycles. The lowest BCUT2D eigenvalue weighted by molar-refractivity contribution is 0.245. The van der Waals surface area contributed by atoms with Gasteiger partial charge < -0.3 is 14.8 Å². The molecule has 2 rings (SSSR count). The molecule has 0 aliphatic carbocycles. The fraction of sp³-hybridized carbons (Fsp3) is 0.436. The van der Waals surface area contributed by atoms with Crippen LogP contribution in [0.2, 0.25) is 0 Å². The molecule has 6 nitrogen and oxygen atoms in total. The Labute approximate surface area is 295 Å². The molecule has 1 amide bonds. The normalized spacial score (nSPS) is 10.2. The predicted molar refractivity (Wildman–Crippen MR) is 209 cm³/mol. The van der Waals surface area contributed by atoms with Gasteiger partial charge in [0.2, 0.25) is 6.08 Å². The molecule has 2 aromatic rings. The van der Waals surface area contributed by atoms with Crippen LogP contribution in [0.5, 0.6) is 0 Å². The molecule has 1 N–H and O–H groups in total. The van der Waals surface area contributed by atoms with E-state index in [1.807, 2.05) is 84.0 Å². The Balaban J connectivity index is 0. The highest BCUT2D eigenvalue weighted by molar-refractivity contribution is 8.13. The van der Waals surface area contributed by atoms with Gasteiger partial charge in [-0.25, -0.2) is 4.79 Å². The number of hydrogen-bond donors (Lipinski definition) is 2. The zero-order valence-electron chi connectivity index (χ0n) is 28.7. The van der Waals surface area contributed by atoms with Crippen molar-refractivity contribution in [3.63, 3.8) is 0 Å². The van der Waals surface area contributed by atoms with Crippen LogP contribution in [0.3, 0.4) is 0 Å². The number of hydrogen-bond acceptors (Lipinski definition) is 7. The Bertz CT molecular complexity index is 1300. The maximum absolute atomic E-state index is 12.1. The van der Waals surface area contributed by atoms with Gasteiger partial charge in [0.1, 0.15) is 0 Å².